The van der Waals surface area contributed by atoms with Crippen molar-refractivity contribution >= 4 is 11.9 Å². The van der Waals surface area contributed by atoms with Crippen LogP contribution in [0.3, 0.4) is 0 Å². The molecule has 0 aromatic heterocycles. The van der Waals surface area contributed by atoms with Crippen molar-refractivity contribution in [3.8, 4) is 0 Å². The van der Waals surface area contributed by atoms with E-state index in [4.69, 9.17) is 10.8 Å². The summed E-state index contributed by atoms with van der Waals surface area (Å²) in [5, 5.41) is 4.28. The number of hydrogen-bond acceptors (Lipinski definition) is 3. The SMILES string of the molecule is CC1CCC[C@]2(C)C1CC[C@@]13C=C(/C(C=NCCCc4ccccc4)=N/N)[C@@](C)(CCC12)C3. The Bertz CT molecular complexity index is 947. The minimum absolute atomic E-state index is 0.203. The van der Waals surface area contributed by atoms with Gasteiger partial charge < -0.3 is 5.84 Å². The smallest absolute Gasteiger partial charge is 0.104 e. The Balaban J connectivity index is 1.33. The highest BCUT2D eigenvalue weighted by Crippen LogP contribution is 2.71. The average Bonchev–Trinajstić information content (AvgIpc) is 3.02. The van der Waals surface area contributed by atoms with Gasteiger partial charge in [0, 0.05) is 12.8 Å². The summed E-state index contributed by atoms with van der Waals surface area (Å²) < 4.78 is 0. The molecule has 4 aliphatic rings. The molecule has 33 heavy (non-hydrogen) atoms. The van der Waals surface area contributed by atoms with Crippen LogP contribution in [0.15, 0.2) is 52.1 Å². The molecule has 5 rings (SSSR count). The van der Waals surface area contributed by atoms with Crippen molar-refractivity contribution in [3.63, 3.8) is 0 Å². The van der Waals surface area contributed by atoms with Gasteiger partial charge >= 0.3 is 0 Å². The normalized spacial score (nSPS) is 40.4. The Hall–Kier alpha value is -1.90. The molecular formula is C30H43N3. The summed E-state index contributed by atoms with van der Waals surface area (Å²) >= 11 is 0. The molecule has 0 heterocycles. The van der Waals surface area contributed by atoms with Crippen LogP contribution in [0.1, 0.15) is 84.1 Å². The number of nitrogens with two attached hydrogens (primary N) is 1. The number of nitrogens with zero attached hydrogens (tertiary/aromatic N) is 2. The topological polar surface area (TPSA) is 50.7 Å². The number of allylic oxidation sites excluding steroid dienone is 2. The Morgan fingerprint density at radius 2 is 1.91 bits per heavy atom. The molecule has 3 heteroatoms. The van der Waals surface area contributed by atoms with Gasteiger partial charge in [-0.05, 0) is 96.5 Å². The highest BCUT2D eigenvalue weighted by molar-refractivity contribution is 6.38. The van der Waals surface area contributed by atoms with Crippen LogP contribution in [0.4, 0.5) is 0 Å². The maximum absolute atomic E-state index is 5.97. The summed E-state index contributed by atoms with van der Waals surface area (Å²) in [6, 6.07) is 10.7. The van der Waals surface area contributed by atoms with Gasteiger partial charge in [-0.3, -0.25) is 4.99 Å². The predicted octanol–water partition coefficient (Wildman–Crippen LogP) is 6.97. The second-order valence-corrected chi connectivity index (χ2v) is 12.3. The lowest BCUT2D eigenvalue weighted by Gasteiger charge is -2.62. The lowest BCUT2D eigenvalue weighted by Crippen LogP contribution is -2.54. The van der Waals surface area contributed by atoms with Gasteiger partial charge in [0.1, 0.15) is 5.71 Å². The van der Waals surface area contributed by atoms with E-state index in [9.17, 15) is 0 Å². The molecule has 4 aliphatic carbocycles. The number of aryl methyl sites for hydroxylation is 1. The van der Waals surface area contributed by atoms with E-state index in [1.165, 1.54) is 62.5 Å². The van der Waals surface area contributed by atoms with Crippen LogP contribution in [0, 0.1) is 34.0 Å². The van der Waals surface area contributed by atoms with Crippen molar-refractivity contribution in [2.75, 3.05) is 6.54 Å². The number of benzene rings is 1. The molecule has 1 aromatic carbocycles. The van der Waals surface area contributed by atoms with Gasteiger partial charge in [0.2, 0.25) is 0 Å². The van der Waals surface area contributed by atoms with Crippen LogP contribution in [0.2, 0.25) is 0 Å². The second kappa shape index (κ2) is 8.71. The zero-order chi connectivity index (χ0) is 23.1. The minimum atomic E-state index is 0.203. The lowest BCUT2D eigenvalue weighted by atomic mass is 9.43. The van der Waals surface area contributed by atoms with E-state index in [0.717, 1.165) is 42.9 Å². The zero-order valence-corrected chi connectivity index (χ0v) is 21.0. The summed E-state index contributed by atoms with van der Waals surface area (Å²) in [6.07, 6.45) is 17.7. The molecule has 1 aromatic rings. The number of aliphatic imine (C=N–C) groups is 1. The van der Waals surface area contributed by atoms with Crippen LogP contribution in [0.5, 0.6) is 0 Å². The van der Waals surface area contributed by atoms with E-state index in [-0.39, 0.29) is 5.41 Å². The fraction of sp³-hybridized carbons (Fsp3) is 0.667. The van der Waals surface area contributed by atoms with Gasteiger partial charge in [0.15, 0.2) is 0 Å². The van der Waals surface area contributed by atoms with Gasteiger partial charge in [-0.2, -0.15) is 5.10 Å². The molecular weight excluding hydrogens is 402 g/mol. The molecule has 1 spiro atoms. The van der Waals surface area contributed by atoms with Crippen LogP contribution in [-0.4, -0.2) is 18.5 Å². The number of hydrazone groups is 1. The van der Waals surface area contributed by atoms with E-state index in [0.29, 0.717) is 10.8 Å². The number of fused-ring (bicyclic) bond motifs is 3. The van der Waals surface area contributed by atoms with Crippen molar-refractivity contribution in [1.82, 2.24) is 0 Å². The monoisotopic (exact) mass is 445 g/mol. The van der Waals surface area contributed by atoms with E-state index in [1.54, 1.807) is 0 Å². The van der Waals surface area contributed by atoms with Crippen LogP contribution in [-0.2, 0) is 6.42 Å². The Morgan fingerprint density at radius 3 is 2.70 bits per heavy atom. The fourth-order valence-corrected chi connectivity index (χ4v) is 8.89. The van der Waals surface area contributed by atoms with Crippen LogP contribution < -0.4 is 5.84 Å². The summed E-state index contributed by atoms with van der Waals surface area (Å²) in [4.78, 5) is 4.76. The van der Waals surface area contributed by atoms with E-state index in [1.807, 2.05) is 6.21 Å². The Kier molecular flexibility index (Phi) is 6.04. The summed E-state index contributed by atoms with van der Waals surface area (Å²) in [7, 11) is 0. The van der Waals surface area contributed by atoms with Crippen molar-refractivity contribution in [3.05, 3.63) is 47.5 Å². The molecule has 0 amide bonds. The molecule has 3 unspecified atom stereocenters. The molecule has 2 bridgehead atoms. The molecule has 178 valence electrons. The largest absolute Gasteiger partial charge is 0.323 e. The van der Waals surface area contributed by atoms with Gasteiger partial charge in [0.05, 0.1) is 0 Å². The van der Waals surface area contributed by atoms with Gasteiger partial charge in [-0.1, -0.05) is 70.0 Å². The quantitative estimate of drug-likeness (QED) is 0.218. The minimum Gasteiger partial charge on any atom is -0.323 e. The molecule has 3 saturated carbocycles. The molecule has 6 atom stereocenters. The molecule has 2 N–H and O–H groups in total. The van der Waals surface area contributed by atoms with Crippen LogP contribution >= 0.6 is 0 Å². The van der Waals surface area contributed by atoms with Gasteiger partial charge in [0.25, 0.3) is 0 Å². The number of hydrogen-bond donors (Lipinski definition) is 1. The third-order valence-corrected chi connectivity index (χ3v) is 10.3. The fourth-order valence-electron chi connectivity index (χ4n) is 8.89. The van der Waals surface area contributed by atoms with Crippen molar-refractivity contribution in [2.24, 2.45) is 49.9 Å². The third kappa shape index (κ3) is 3.90. The maximum atomic E-state index is 5.97. The Morgan fingerprint density at radius 1 is 1.09 bits per heavy atom. The highest BCUT2D eigenvalue weighted by Gasteiger charge is 2.63. The highest BCUT2D eigenvalue weighted by atomic mass is 15.1. The first kappa shape index (κ1) is 22.9. The van der Waals surface area contributed by atoms with E-state index >= 15 is 0 Å². The lowest BCUT2D eigenvalue weighted by molar-refractivity contribution is -0.115. The average molecular weight is 446 g/mol. The molecule has 0 saturated heterocycles. The third-order valence-electron chi connectivity index (χ3n) is 10.3. The van der Waals surface area contributed by atoms with Gasteiger partial charge in [-0.15, -0.1) is 0 Å². The molecule has 3 fully saturated rings. The standard InChI is InChI=1S/C30H43N3/c1-22-9-7-15-29(3)24(22)13-17-30-19-25(28(2,21-30)16-14-27(29)30)26(33-31)20-32-18-8-12-23-10-5-4-6-11-23/h4-6,10-11,19-20,22,24,27H,7-9,12-18,21,31H2,1-3H3/b32-20?,33-26+/t22?,24?,27?,28-,29+,30-/m0/s1. The van der Waals surface area contributed by atoms with Crippen molar-refractivity contribution < 1.29 is 0 Å². The second-order valence-electron chi connectivity index (χ2n) is 12.3. The predicted molar refractivity (Wildman–Crippen MR) is 140 cm³/mol. The molecule has 0 aliphatic heterocycles. The van der Waals surface area contributed by atoms with Crippen molar-refractivity contribution in [2.45, 2.75) is 85.0 Å². The Labute approximate surface area is 201 Å². The first-order valence-electron chi connectivity index (χ1n) is 13.5. The molecule has 3 nitrogen and oxygen atoms in total. The number of rotatable bonds is 6. The van der Waals surface area contributed by atoms with E-state index in [2.05, 4.69) is 62.3 Å². The summed E-state index contributed by atoms with van der Waals surface area (Å²) in [5.74, 6) is 8.60. The van der Waals surface area contributed by atoms with Gasteiger partial charge in [-0.25, -0.2) is 0 Å². The zero-order valence-electron chi connectivity index (χ0n) is 21.0. The summed E-state index contributed by atoms with van der Waals surface area (Å²) in [5.41, 5.74) is 4.76. The van der Waals surface area contributed by atoms with Crippen LogP contribution in [0.25, 0.3) is 0 Å². The first-order chi connectivity index (χ1) is 15.9. The van der Waals surface area contributed by atoms with E-state index < -0.39 is 0 Å². The maximum Gasteiger partial charge on any atom is 0.104 e. The molecule has 0 radical (unpaired) electrons. The first-order valence-corrected chi connectivity index (χ1v) is 13.5. The van der Waals surface area contributed by atoms with Crippen molar-refractivity contribution in [1.29, 1.82) is 0 Å². The summed E-state index contributed by atoms with van der Waals surface area (Å²) in [6.45, 7) is 8.47.